The van der Waals surface area contributed by atoms with Crippen molar-refractivity contribution in [2.45, 2.75) is 20.0 Å². The minimum atomic E-state index is -0.105. The first-order chi connectivity index (χ1) is 10.1. The van der Waals surface area contributed by atoms with E-state index in [9.17, 15) is 4.79 Å². The Bertz CT molecular complexity index is 579. The predicted octanol–water partition coefficient (Wildman–Crippen LogP) is 2.27. The van der Waals surface area contributed by atoms with Gasteiger partial charge in [-0.05, 0) is 30.2 Å². The lowest BCUT2D eigenvalue weighted by atomic mass is 10.1. The van der Waals surface area contributed by atoms with Gasteiger partial charge in [-0.2, -0.15) is 5.10 Å². The van der Waals surface area contributed by atoms with E-state index in [1.54, 1.807) is 24.1 Å². The molecule has 0 radical (unpaired) electrons. The van der Waals surface area contributed by atoms with Crippen LogP contribution in [0, 0.1) is 5.92 Å². The fraction of sp³-hybridized carbons (Fsp3) is 0.375. The summed E-state index contributed by atoms with van der Waals surface area (Å²) in [6.07, 6.45) is 3.57. The maximum atomic E-state index is 12.2. The lowest BCUT2D eigenvalue weighted by molar-refractivity contribution is 0.0605. The van der Waals surface area contributed by atoms with Gasteiger partial charge in [-0.3, -0.25) is 4.79 Å². The maximum absolute atomic E-state index is 12.2. The van der Waals surface area contributed by atoms with Gasteiger partial charge in [0.15, 0.2) is 0 Å². The first-order valence-electron chi connectivity index (χ1n) is 7.03. The quantitative estimate of drug-likeness (QED) is 0.886. The summed E-state index contributed by atoms with van der Waals surface area (Å²) in [5, 5.41) is 7.07. The molecule has 112 valence electrons. The summed E-state index contributed by atoms with van der Waals surface area (Å²) in [6.45, 7) is 4.64. The molecule has 1 aromatic heterocycles. The molecule has 0 unspecified atom stereocenters. The van der Waals surface area contributed by atoms with Crippen molar-refractivity contribution in [2.24, 2.45) is 5.92 Å². The Morgan fingerprint density at radius 2 is 2.19 bits per heavy atom. The number of carbonyl (C=O) groups excluding carboxylic acids is 1. The van der Waals surface area contributed by atoms with Crippen molar-refractivity contribution < 1.29 is 9.53 Å². The second kappa shape index (κ2) is 7.04. The van der Waals surface area contributed by atoms with Gasteiger partial charge in [0.25, 0.3) is 5.91 Å². The summed E-state index contributed by atoms with van der Waals surface area (Å²) in [6, 6.07) is 9.22. The Balaban J connectivity index is 2.04. The molecule has 5 heteroatoms. The molecule has 0 saturated heterocycles. The molecule has 5 nitrogen and oxygen atoms in total. The topological polar surface area (TPSA) is 56.1 Å². The molecule has 2 aromatic rings. The van der Waals surface area contributed by atoms with Crippen LogP contribution in [0.2, 0.25) is 0 Å². The highest BCUT2D eigenvalue weighted by Crippen LogP contribution is 2.10. The van der Waals surface area contributed by atoms with E-state index in [-0.39, 0.29) is 12.0 Å². The molecule has 1 atom stereocenters. The van der Waals surface area contributed by atoms with E-state index in [4.69, 9.17) is 4.74 Å². The minimum absolute atomic E-state index is 0.0169. The Labute approximate surface area is 124 Å². The molecule has 0 fully saturated rings. The number of hydrogen-bond donors (Lipinski definition) is 1. The molecule has 0 aliphatic rings. The van der Waals surface area contributed by atoms with E-state index in [0.29, 0.717) is 18.0 Å². The summed E-state index contributed by atoms with van der Waals surface area (Å²) in [4.78, 5) is 12.2. The largest absolute Gasteiger partial charge is 0.379 e. The number of rotatable bonds is 6. The van der Waals surface area contributed by atoms with Crippen molar-refractivity contribution in [3.05, 3.63) is 48.3 Å². The van der Waals surface area contributed by atoms with Crippen molar-refractivity contribution >= 4 is 5.91 Å². The smallest absolute Gasteiger partial charge is 0.251 e. The van der Waals surface area contributed by atoms with Gasteiger partial charge >= 0.3 is 0 Å². The van der Waals surface area contributed by atoms with Crippen LogP contribution in [0.4, 0.5) is 0 Å². The maximum Gasteiger partial charge on any atom is 0.251 e. The van der Waals surface area contributed by atoms with Crippen molar-refractivity contribution in [1.29, 1.82) is 0 Å². The number of carbonyl (C=O) groups is 1. The number of benzene rings is 1. The Kier molecular flexibility index (Phi) is 5.11. The second-order valence-electron chi connectivity index (χ2n) is 5.23. The van der Waals surface area contributed by atoms with E-state index in [1.165, 1.54) is 0 Å². The van der Waals surface area contributed by atoms with E-state index in [1.807, 2.05) is 30.5 Å². The number of hydrogen-bond acceptors (Lipinski definition) is 3. The molecular weight excluding hydrogens is 266 g/mol. The van der Waals surface area contributed by atoms with Crippen LogP contribution in [-0.4, -0.2) is 35.4 Å². The monoisotopic (exact) mass is 287 g/mol. The van der Waals surface area contributed by atoms with Crippen LogP contribution < -0.4 is 5.32 Å². The van der Waals surface area contributed by atoms with Gasteiger partial charge in [0, 0.05) is 31.6 Å². The summed E-state index contributed by atoms with van der Waals surface area (Å²) in [5.74, 6) is 0.248. The number of aromatic nitrogens is 2. The van der Waals surface area contributed by atoms with Crippen molar-refractivity contribution in [2.75, 3.05) is 13.7 Å². The van der Waals surface area contributed by atoms with Gasteiger partial charge in [-0.25, -0.2) is 4.68 Å². The van der Waals surface area contributed by atoms with Gasteiger partial charge in [0.2, 0.25) is 0 Å². The highest BCUT2D eigenvalue weighted by Gasteiger charge is 2.14. The lowest BCUT2D eigenvalue weighted by Crippen LogP contribution is -2.36. The lowest BCUT2D eigenvalue weighted by Gasteiger charge is -2.19. The van der Waals surface area contributed by atoms with E-state index < -0.39 is 0 Å². The number of nitrogens with one attached hydrogen (secondary N) is 1. The predicted molar refractivity (Wildman–Crippen MR) is 81.5 cm³/mol. The third-order valence-electron chi connectivity index (χ3n) is 3.39. The third-order valence-corrected chi connectivity index (χ3v) is 3.39. The average molecular weight is 287 g/mol. The van der Waals surface area contributed by atoms with Crippen LogP contribution in [0.25, 0.3) is 5.69 Å². The third kappa shape index (κ3) is 3.92. The van der Waals surface area contributed by atoms with E-state index in [2.05, 4.69) is 24.3 Å². The molecule has 0 saturated carbocycles. The molecule has 0 aliphatic carbocycles. The summed E-state index contributed by atoms with van der Waals surface area (Å²) in [7, 11) is 1.66. The van der Waals surface area contributed by atoms with Crippen LogP contribution in [0.3, 0.4) is 0 Å². The molecule has 1 aromatic carbocycles. The molecule has 0 spiro atoms. The Hall–Kier alpha value is -2.14. The molecule has 1 heterocycles. The molecular formula is C16H21N3O2. The molecule has 1 amide bonds. The summed E-state index contributed by atoms with van der Waals surface area (Å²) in [5.41, 5.74) is 1.47. The molecule has 0 aliphatic heterocycles. The van der Waals surface area contributed by atoms with Crippen molar-refractivity contribution in [3.8, 4) is 5.69 Å². The molecule has 1 N–H and O–H groups in total. The van der Waals surface area contributed by atoms with Crippen molar-refractivity contribution in [1.82, 2.24) is 15.1 Å². The normalized spacial score (nSPS) is 12.4. The van der Waals surface area contributed by atoms with Gasteiger partial charge in [0.05, 0.1) is 11.8 Å². The fourth-order valence-corrected chi connectivity index (χ4v) is 2.10. The Morgan fingerprint density at radius 3 is 2.81 bits per heavy atom. The van der Waals surface area contributed by atoms with Gasteiger partial charge in [-0.15, -0.1) is 0 Å². The first-order valence-corrected chi connectivity index (χ1v) is 7.03. The van der Waals surface area contributed by atoms with Gasteiger partial charge in [-0.1, -0.05) is 19.9 Å². The average Bonchev–Trinajstić information content (AvgIpc) is 3.01. The summed E-state index contributed by atoms with van der Waals surface area (Å²) < 4.78 is 7.08. The first kappa shape index (κ1) is 15.3. The van der Waals surface area contributed by atoms with Crippen molar-refractivity contribution in [3.63, 3.8) is 0 Å². The zero-order valence-electron chi connectivity index (χ0n) is 12.6. The van der Waals surface area contributed by atoms with E-state index in [0.717, 1.165) is 5.69 Å². The standard InChI is InChI=1S/C16H21N3O2/c1-12(2)15(21-3)11-17-16(20)13-6-4-7-14(10-13)19-9-5-8-18-19/h4-10,12,15H,11H2,1-3H3,(H,17,20)/t15-/m1/s1. The molecule has 0 bridgehead atoms. The highest BCUT2D eigenvalue weighted by atomic mass is 16.5. The van der Waals surface area contributed by atoms with Crippen LogP contribution in [-0.2, 0) is 4.74 Å². The zero-order valence-corrected chi connectivity index (χ0v) is 12.6. The van der Waals surface area contributed by atoms with Gasteiger partial charge < -0.3 is 10.1 Å². The second-order valence-corrected chi connectivity index (χ2v) is 5.23. The summed E-state index contributed by atoms with van der Waals surface area (Å²) >= 11 is 0. The van der Waals surface area contributed by atoms with Gasteiger partial charge in [0.1, 0.15) is 0 Å². The van der Waals surface area contributed by atoms with Crippen LogP contribution >= 0.6 is 0 Å². The number of nitrogens with zero attached hydrogens (tertiary/aromatic N) is 2. The van der Waals surface area contributed by atoms with Crippen LogP contribution in [0.1, 0.15) is 24.2 Å². The number of ether oxygens (including phenoxy) is 1. The zero-order chi connectivity index (χ0) is 15.2. The van der Waals surface area contributed by atoms with Crippen LogP contribution in [0.5, 0.6) is 0 Å². The van der Waals surface area contributed by atoms with Crippen LogP contribution in [0.15, 0.2) is 42.7 Å². The number of methoxy groups -OCH3 is 1. The number of amides is 1. The fourth-order valence-electron chi connectivity index (χ4n) is 2.10. The van der Waals surface area contributed by atoms with E-state index >= 15 is 0 Å². The molecule has 21 heavy (non-hydrogen) atoms. The SMILES string of the molecule is CO[C@H](CNC(=O)c1cccc(-n2cccn2)c1)C(C)C. The Morgan fingerprint density at radius 1 is 1.38 bits per heavy atom. The highest BCUT2D eigenvalue weighted by molar-refractivity contribution is 5.94. The minimum Gasteiger partial charge on any atom is -0.379 e. The molecule has 2 rings (SSSR count).